The Balaban J connectivity index is 1.69. The average molecular weight is 431 g/mol. The lowest BCUT2D eigenvalue weighted by molar-refractivity contribution is -0.133. The van der Waals surface area contributed by atoms with Gasteiger partial charge in [0.05, 0.1) is 0 Å². The fraction of sp³-hybridized carbons (Fsp3) is 0.571. The van der Waals surface area contributed by atoms with Crippen molar-refractivity contribution in [3.63, 3.8) is 0 Å². The zero-order valence-corrected chi connectivity index (χ0v) is 18.8. The monoisotopic (exact) mass is 430 g/mol. The Kier molecular flexibility index (Phi) is 8.63. The maximum atomic E-state index is 12.6. The fourth-order valence-electron chi connectivity index (χ4n) is 5.25. The molecule has 0 aromatic heterocycles. The number of halogens is 3. The van der Waals surface area contributed by atoms with Gasteiger partial charge in [-0.15, -0.1) is 0 Å². The maximum absolute atomic E-state index is 12.6. The van der Waals surface area contributed by atoms with E-state index in [1.54, 1.807) is 6.08 Å². The second-order valence-corrected chi connectivity index (χ2v) is 9.42. The molecule has 0 spiro atoms. The summed E-state index contributed by atoms with van der Waals surface area (Å²) in [4.78, 5) is 0. The third kappa shape index (κ3) is 7.12. The first-order valence-electron chi connectivity index (χ1n) is 12.1. The van der Waals surface area contributed by atoms with Gasteiger partial charge in [0.25, 0.3) is 0 Å². The molecule has 0 amide bonds. The third-order valence-electron chi connectivity index (χ3n) is 7.14. The highest BCUT2D eigenvalue weighted by molar-refractivity contribution is 5.37. The van der Waals surface area contributed by atoms with Crippen molar-refractivity contribution in [3.8, 4) is 0 Å². The topological polar surface area (TPSA) is 0 Å². The van der Waals surface area contributed by atoms with Crippen LogP contribution >= 0.6 is 0 Å². The van der Waals surface area contributed by atoms with E-state index in [2.05, 4.69) is 61.6 Å². The maximum Gasteiger partial charge on any atom is 0.389 e. The second-order valence-electron chi connectivity index (χ2n) is 9.42. The van der Waals surface area contributed by atoms with Crippen molar-refractivity contribution in [1.82, 2.24) is 0 Å². The molecule has 1 saturated carbocycles. The Morgan fingerprint density at radius 3 is 2.26 bits per heavy atom. The van der Waals surface area contributed by atoms with E-state index in [9.17, 15) is 13.2 Å². The molecule has 1 aromatic carbocycles. The zero-order valence-electron chi connectivity index (χ0n) is 18.8. The lowest BCUT2D eigenvalue weighted by atomic mass is 9.64. The number of benzene rings is 1. The highest BCUT2D eigenvalue weighted by Crippen LogP contribution is 2.47. The SMILES string of the molecule is CCCCC[C@H]1CC[C@H](C2(/C=C/CCC(F)(F)F)C=CC(c3ccccc3)C=C2)CC1. The summed E-state index contributed by atoms with van der Waals surface area (Å²) in [6.07, 6.45) is 18.1. The minimum Gasteiger partial charge on any atom is -0.171 e. The molecular formula is C28H37F3. The Hall–Kier alpha value is -1.77. The van der Waals surface area contributed by atoms with Gasteiger partial charge in [0.1, 0.15) is 0 Å². The van der Waals surface area contributed by atoms with Crippen LogP contribution in [0.4, 0.5) is 13.2 Å². The summed E-state index contributed by atoms with van der Waals surface area (Å²) in [7, 11) is 0. The largest absolute Gasteiger partial charge is 0.389 e. The molecule has 0 radical (unpaired) electrons. The third-order valence-corrected chi connectivity index (χ3v) is 7.14. The summed E-state index contributed by atoms with van der Waals surface area (Å²) >= 11 is 0. The number of allylic oxidation sites excluding steroid dienone is 6. The van der Waals surface area contributed by atoms with Gasteiger partial charge in [0.15, 0.2) is 0 Å². The Labute approximate surface area is 186 Å². The van der Waals surface area contributed by atoms with Crippen LogP contribution in [0.3, 0.4) is 0 Å². The van der Waals surface area contributed by atoms with Crippen LogP contribution in [-0.2, 0) is 0 Å². The molecule has 0 N–H and O–H groups in total. The lowest BCUT2D eigenvalue weighted by Gasteiger charge is -2.41. The average Bonchev–Trinajstić information content (AvgIpc) is 2.78. The molecule has 0 nitrogen and oxygen atoms in total. The molecule has 0 aliphatic heterocycles. The van der Waals surface area contributed by atoms with Crippen molar-refractivity contribution in [1.29, 1.82) is 0 Å². The summed E-state index contributed by atoms with van der Waals surface area (Å²) in [5, 5.41) is 0. The van der Waals surface area contributed by atoms with E-state index in [1.807, 2.05) is 6.07 Å². The molecule has 0 heterocycles. The molecule has 3 rings (SSSR count). The van der Waals surface area contributed by atoms with Gasteiger partial charge in [0.2, 0.25) is 0 Å². The number of alkyl halides is 3. The Bertz CT molecular complexity index is 719. The van der Waals surface area contributed by atoms with Gasteiger partial charge in [-0.3, -0.25) is 0 Å². The quantitative estimate of drug-likeness (QED) is 0.270. The van der Waals surface area contributed by atoms with E-state index in [0.717, 1.165) is 18.8 Å². The molecular weight excluding hydrogens is 393 g/mol. The summed E-state index contributed by atoms with van der Waals surface area (Å²) < 4.78 is 37.9. The van der Waals surface area contributed by atoms with Crippen LogP contribution in [0.5, 0.6) is 0 Å². The lowest BCUT2D eigenvalue weighted by Crippen LogP contribution is -2.30. The normalized spacial score (nSPS) is 29.0. The molecule has 0 saturated heterocycles. The van der Waals surface area contributed by atoms with Crippen molar-refractivity contribution in [3.05, 3.63) is 72.4 Å². The summed E-state index contributed by atoms with van der Waals surface area (Å²) in [6.45, 7) is 2.25. The minimum absolute atomic E-state index is 0.0570. The second kappa shape index (κ2) is 11.2. The molecule has 0 atom stereocenters. The molecule has 1 aromatic rings. The van der Waals surface area contributed by atoms with Crippen LogP contribution in [0.1, 0.15) is 82.6 Å². The van der Waals surface area contributed by atoms with Gasteiger partial charge in [-0.25, -0.2) is 0 Å². The van der Waals surface area contributed by atoms with Crippen LogP contribution in [0, 0.1) is 17.3 Å². The Morgan fingerprint density at radius 1 is 0.968 bits per heavy atom. The summed E-state index contributed by atoms with van der Waals surface area (Å²) in [5.41, 5.74) is 1.01. The first-order chi connectivity index (χ1) is 14.9. The zero-order chi connectivity index (χ0) is 22.2. The number of hydrogen-bond donors (Lipinski definition) is 0. The van der Waals surface area contributed by atoms with E-state index >= 15 is 0 Å². The van der Waals surface area contributed by atoms with E-state index in [1.165, 1.54) is 44.1 Å². The van der Waals surface area contributed by atoms with Crippen LogP contribution in [-0.4, -0.2) is 6.18 Å². The first kappa shape index (κ1) is 23.9. The first-order valence-corrected chi connectivity index (χ1v) is 12.1. The highest BCUT2D eigenvalue weighted by Gasteiger charge is 2.36. The van der Waals surface area contributed by atoms with Gasteiger partial charge < -0.3 is 0 Å². The van der Waals surface area contributed by atoms with E-state index in [4.69, 9.17) is 0 Å². The van der Waals surface area contributed by atoms with Crippen molar-refractivity contribution in [2.45, 2.75) is 83.2 Å². The molecule has 0 unspecified atom stereocenters. The van der Waals surface area contributed by atoms with Crippen molar-refractivity contribution in [2.75, 3.05) is 0 Å². The molecule has 170 valence electrons. The van der Waals surface area contributed by atoms with Crippen molar-refractivity contribution in [2.24, 2.45) is 17.3 Å². The van der Waals surface area contributed by atoms with Crippen LogP contribution < -0.4 is 0 Å². The smallest absolute Gasteiger partial charge is 0.171 e. The van der Waals surface area contributed by atoms with Gasteiger partial charge in [-0.2, -0.15) is 13.2 Å². The molecule has 0 bridgehead atoms. The van der Waals surface area contributed by atoms with Crippen LogP contribution in [0.2, 0.25) is 0 Å². The number of hydrogen-bond acceptors (Lipinski definition) is 0. The molecule has 31 heavy (non-hydrogen) atoms. The van der Waals surface area contributed by atoms with E-state index < -0.39 is 12.6 Å². The predicted octanol–water partition coefficient (Wildman–Crippen LogP) is 9.17. The number of unbranched alkanes of at least 4 members (excludes halogenated alkanes) is 2. The molecule has 3 heteroatoms. The van der Waals surface area contributed by atoms with Gasteiger partial charge in [-0.1, -0.05) is 112 Å². The van der Waals surface area contributed by atoms with Gasteiger partial charge in [-0.05, 0) is 36.7 Å². The van der Waals surface area contributed by atoms with Crippen molar-refractivity contribution >= 4 is 0 Å². The fourth-order valence-corrected chi connectivity index (χ4v) is 5.25. The predicted molar refractivity (Wildman–Crippen MR) is 124 cm³/mol. The number of rotatable bonds is 9. The van der Waals surface area contributed by atoms with Crippen LogP contribution in [0.15, 0.2) is 66.8 Å². The Morgan fingerprint density at radius 2 is 1.65 bits per heavy atom. The molecule has 2 aliphatic rings. The van der Waals surface area contributed by atoms with E-state index in [0.29, 0.717) is 5.92 Å². The van der Waals surface area contributed by atoms with Gasteiger partial charge in [0, 0.05) is 17.8 Å². The standard InChI is InChI=1S/C28H37F3/c1-2-3-5-10-23-13-15-26(16-14-23)27(19-8-9-20-28(29,30)31)21-17-25(18-22-27)24-11-6-4-7-12-24/h4,6-8,11-12,17-19,21-23,25-26H,2-3,5,9-10,13-16,20H2,1H3/b19-8+/t23-,25?,26-,27?. The highest BCUT2D eigenvalue weighted by atomic mass is 19.4. The summed E-state index contributed by atoms with van der Waals surface area (Å²) in [5.74, 6) is 1.53. The van der Waals surface area contributed by atoms with E-state index in [-0.39, 0.29) is 17.8 Å². The van der Waals surface area contributed by atoms with Gasteiger partial charge >= 0.3 is 6.18 Å². The summed E-state index contributed by atoms with van der Waals surface area (Å²) in [6, 6.07) is 10.4. The molecule has 1 fully saturated rings. The van der Waals surface area contributed by atoms with Crippen molar-refractivity contribution < 1.29 is 13.2 Å². The molecule has 2 aliphatic carbocycles. The van der Waals surface area contributed by atoms with Crippen LogP contribution in [0.25, 0.3) is 0 Å². The minimum atomic E-state index is -4.09.